The van der Waals surface area contributed by atoms with Crippen molar-refractivity contribution < 1.29 is 14.2 Å². The van der Waals surface area contributed by atoms with Gasteiger partial charge in [-0.2, -0.15) is 0 Å². The van der Waals surface area contributed by atoms with Crippen LogP contribution in [0.1, 0.15) is 19.4 Å². The fourth-order valence-corrected chi connectivity index (χ4v) is 4.68. The molecule has 1 aliphatic rings. The lowest BCUT2D eigenvalue weighted by atomic mass is 9.97. The van der Waals surface area contributed by atoms with Crippen LogP contribution >= 0.6 is 11.8 Å². The van der Waals surface area contributed by atoms with Crippen molar-refractivity contribution in [2.45, 2.75) is 23.5 Å². The van der Waals surface area contributed by atoms with E-state index in [1.807, 2.05) is 36.2 Å². The van der Waals surface area contributed by atoms with Crippen LogP contribution in [0.5, 0.6) is 17.2 Å². The summed E-state index contributed by atoms with van der Waals surface area (Å²) >= 11 is 1.83. The van der Waals surface area contributed by atoms with Crippen LogP contribution in [0.2, 0.25) is 0 Å². The zero-order chi connectivity index (χ0) is 20.6. The van der Waals surface area contributed by atoms with E-state index in [1.54, 1.807) is 21.3 Å². The fourth-order valence-electron chi connectivity index (χ4n) is 3.45. The Morgan fingerprint density at radius 2 is 1.66 bits per heavy atom. The quantitative estimate of drug-likeness (QED) is 0.617. The molecular weight excluding hydrogens is 386 g/mol. The highest BCUT2D eigenvalue weighted by atomic mass is 32.2. The van der Waals surface area contributed by atoms with Crippen molar-refractivity contribution in [2.24, 2.45) is 0 Å². The molecule has 0 fully saturated rings. The van der Waals surface area contributed by atoms with Gasteiger partial charge in [-0.25, -0.2) is 9.97 Å². The molecule has 0 saturated heterocycles. The second kappa shape index (κ2) is 7.48. The minimum Gasteiger partial charge on any atom is -0.493 e. The Kier molecular flexibility index (Phi) is 5.00. The average molecular weight is 410 g/mol. The summed E-state index contributed by atoms with van der Waals surface area (Å²) in [4.78, 5) is 10.6. The van der Waals surface area contributed by atoms with Crippen molar-refractivity contribution in [1.82, 2.24) is 9.97 Å². The largest absolute Gasteiger partial charge is 0.493 e. The molecule has 1 N–H and O–H groups in total. The van der Waals surface area contributed by atoms with Crippen molar-refractivity contribution in [3.63, 3.8) is 0 Å². The molecule has 2 heterocycles. The average Bonchev–Trinajstić information content (AvgIpc) is 2.72. The van der Waals surface area contributed by atoms with Gasteiger partial charge in [-0.3, -0.25) is 0 Å². The molecule has 7 heteroatoms. The maximum absolute atomic E-state index is 5.43. The number of ether oxygens (including phenoxy) is 3. The first kappa shape index (κ1) is 19.4. The van der Waals surface area contributed by atoms with Gasteiger partial charge in [0.1, 0.15) is 0 Å². The lowest BCUT2D eigenvalue weighted by molar-refractivity contribution is 0.324. The lowest BCUT2D eigenvalue weighted by Gasteiger charge is -2.32. The first-order valence-electron chi connectivity index (χ1n) is 9.20. The zero-order valence-electron chi connectivity index (χ0n) is 17.1. The van der Waals surface area contributed by atoms with E-state index in [4.69, 9.17) is 19.2 Å². The smallest absolute Gasteiger partial charge is 0.227 e. The summed E-state index contributed by atoms with van der Waals surface area (Å²) in [5, 5.41) is 3.27. The molecule has 0 unspecified atom stereocenters. The summed E-state index contributed by atoms with van der Waals surface area (Å²) in [5.41, 5.74) is 3.95. The number of hydrogen-bond acceptors (Lipinski definition) is 7. The summed E-state index contributed by atoms with van der Waals surface area (Å²) in [6.07, 6.45) is 1.91. The van der Waals surface area contributed by atoms with Crippen molar-refractivity contribution in [3.8, 4) is 28.5 Å². The topological polar surface area (TPSA) is 65.5 Å². The monoisotopic (exact) mass is 409 g/mol. The van der Waals surface area contributed by atoms with Gasteiger partial charge >= 0.3 is 0 Å². The molecule has 2 aromatic carbocycles. The van der Waals surface area contributed by atoms with Crippen LogP contribution < -0.4 is 19.5 Å². The molecule has 0 aliphatic carbocycles. The number of benzene rings is 2. The number of rotatable bonds is 5. The minimum absolute atomic E-state index is 0.102. The Balaban J connectivity index is 1.76. The maximum atomic E-state index is 5.43. The molecule has 3 aromatic rings. The van der Waals surface area contributed by atoms with Crippen molar-refractivity contribution >= 4 is 23.4 Å². The Morgan fingerprint density at radius 1 is 0.966 bits per heavy atom. The lowest BCUT2D eigenvalue weighted by Crippen LogP contribution is -2.19. The highest BCUT2D eigenvalue weighted by Crippen LogP contribution is 2.51. The highest BCUT2D eigenvalue weighted by molar-refractivity contribution is 8.00. The van der Waals surface area contributed by atoms with E-state index in [0.717, 1.165) is 22.5 Å². The molecule has 6 nitrogen and oxygen atoms in total. The fraction of sp³-hybridized carbons (Fsp3) is 0.273. The Labute approximate surface area is 174 Å². The standard InChI is InChI=1S/C22H23N3O3S/c1-22(2)15-12-23-21(25-19(15)14-8-6-7-9-18(14)29-22)24-13-10-16(26-3)20(28-5)17(11-13)27-4/h6-12H,1-5H3,(H,23,24,25). The third-order valence-electron chi connectivity index (χ3n) is 4.87. The number of anilines is 2. The Bertz CT molecular complexity index is 1040. The number of nitrogens with one attached hydrogen (secondary N) is 1. The van der Waals surface area contributed by atoms with Crippen LogP contribution in [-0.4, -0.2) is 31.3 Å². The number of nitrogens with zero attached hydrogens (tertiary/aromatic N) is 2. The molecule has 150 valence electrons. The molecule has 1 aliphatic heterocycles. The molecule has 0 amide bonds. The summed E-state index contributed by atoms with van der Waals surface area (Å²) in [5.74, 6) is 2.18. The summed E-state index contributed by atoms with van der Waals surface area (Å²) in [6, 6.07) is 12.0. The summed E-state index contributed by atoms with van der Waals surface area (Å²) in [7, 11) is 4.76. The van der Waals surface area contributed by atoms with Crippen molar-refractivity contribution in [3.05, 3.63) is 48.2 Å². The van der Waals surface area contributed by atoms with Gasteiger partial charge in [-0.15, -0.1) is 11.8 Å². The normalized spacial score (nSPS) is 13.8. The van der Waals surface area contributed by atoms with Gasteiger partial charge in [0.2, 0.25) is 11.7 Å². The van der Waals surface area contributed by atoms with Crippen LogP contribution in [0.3, 0.4) is 0 Å². The summed E-state index contributed by atoms with van der Waals surface area (Å²) < 4.78 is 16.2. The van der Waals surface area contributed by atoms with Crippen molar-refractivity contribution in [1.29, 1.82) is 0 Å². The zero-order valence-corrected chi connectivity index (χ0v) is 17.9. The van der Waals surface area contributed by atoms with E-state index < -0.39 is 0 Å². The van der Waals surface area contributed by atoms with Crippen LogP contribution in [-0.2, 0) is 4.75 Å². The van der Waals surface area contributed by atoms with Crippen LogP contribution in [0.15, 0.2) is 47.5 Å². The van der Waals surface area contributed by atoms with E-state index in [-0.39, 0.29) is 4.75 Å². The van der Waals surface area contributed by atoms with E-state index in [1.165, 1.54) is 4.90 Å². The van der Waals surface area contributed by atoms with Gasteiger partial charge in [-0.05, 0) is 19.9 Å². The highest BCUT2D eigenvalue weighted by Gasteiger charge is 2.33. The first-order valence-corrected chi connectivity index (χ1v) is 10.0. The molecule has 0 bridgehead atoms. The number of methoxy groups -OCH3 is 3. The third-order valence-corrected chi connectivity index (χ3v) is 6.17. The van der Waals surface area contributed by atoms with Gasteiger partial charge in [0.15, 0.2) is 11.5 Å². The van der Waals surface area contributed by atoms with Crippen LogP contribution in [0.4, 0.5) is 11.6 Å². The molecular formula is C22H23N3O3S. The minimum atomic E-state index is -0.102. The van der Waals surface area contributed by atoms with Crippen molar-refractivity contribution in [2.75, 3.05) is 26.6 Å². The molecule has 4 rings (SSSR count). The van der Waals surface area contributed by atoms with E-state index in [2.05, 4.69) is 42.3 Å². The maximum Gasteiger partial charge on any atom is 0.227 e. The molecule has 0 radical (unpaired) electrons. The first-order chi connectivity index (χ1) is 14.0. The molecule has 29 heavy (non-hydrogen) atoms. The van der Waals surface area contributed by atoms with Gasteiger partial charge in [0.25, 0.3) is 0 Å². The second-order valence-corrected chi connectivity index (χ2v) is 8.77. The van der Waals surface area contributed by atoms with Crippen LogP contribution in [0.25, 0.3) is 11.3 Å². The second-order valence-electron chi connectivity index (χ2n) is 7.10. The summed E-state index contributed by atoms with van der Waals surface area (Å²) in [6.45, 7) is 4.39. The number of aromatic nitrogens is 2. The predicted molar refractivity (Wildman–Crippen MR) is 116 cm³/mol. The predicted octanol–water partition coefficient (Wildman–Crippen LogP) is 5.25. The Morgan fingerprint density at radius 3 is 2.31 bits per heavy atom. The molecule has 0 spiro atoms. The van der Waals surface area contributed by atoms with E-state index >= 15 is 0 Å². The number of hydrogen-bond donors (Lipinski definition) is 1. The van der Waals surface area contributed by atoms with Gasteiger partial charge in [0.05, 0.1) is 27.0 Å². The number of fused-ring (bicyclic) bond motifs is 3. The molecule has 1 aromatic heterocycles. The SMILES string of the molecule is COc1cc(Nc2ncc3c(n2)-c2ccccc2SC3(C)C)cc(OC)c1OC. The van der Waals surface area contributed by atoms with Crippen LogP contribution in [0, 0.1) is 0 Å². The van der Waals surface area contributed by atoms with E-state index in [9.17, 15) is 0 Å². The molecule has 0 atom stereocenters. The van der Waals surface area contributed by atoms with Gasteiger partial charge in [-0.1, -0.05) is 18.2 Å². The van der Waals surface area contributed by atoms with Gasteiger partial charge in [0, 0.05) is 44.8 Å². The number of thioether (sulfide) groups is 1. The third kappa shape index (κ3) is 3.46. The molecule has 0 saturated carbocycles. The van der Waals surface area contributed by atoms with Gasteiger partial charge < -0.3 is 19.5 Å². The Hall–Kier alpha value is -2.93. The van der Waals surface area contributed by atoms with E-state index in [0.29, 0.717) is 23.2 Å².